The first-order valence-electron chi connectivity index (χ1n) is 4.65. The SMILES string of the molecule is O=C1OC(=O)c2cc(Br)cc3cccc1c23. The molecule has 0 spiro atoms. The summed E-state index contributed by atoms with van der Waals surface area (Å²) in [6.07, 6.45) is 0. The van der Waals surface area contributed by atoms with Gasteiger partial charge < -0.3 is 4.74 Å². The number of ether oxygens (including phenoxy) is 1. The van der Waals surface area contributed by atoms with Crippen molar-refractivity contribution >= 4 is 38.6 Å². The predicted molar refractivity (Wildman–Crippen MR) is 61.4 cm³/mol. The molecule has 0 amide bonds. The molecule has 0 fully saturated rings. The van der Waals surface area contributed by atoms with Crippen LogP contribution in [0.25, 0.3) is 10.8 Å². The number of cyclic esters (lactones) is 2. The molecule has 0 unspecified atom stereocenters. The van der Waals surface area contributed by atoms with Gasteiger partial charge in [0, 0.05) is 9.86 Å². The fraction of sp³-hybridized carbons (Fsp3) is 0. The third kappa shape index (κ3) is 1.20. The van der Waals surface area contributed by atoms with Crippen LogP contribution in [0.5, 0.6) is 0 Å². The van der Waals surface area contributed by atoms with Crippen LogP contribution in [0.1, 0.15) is 20.7 Å². The maximum Gasteiger partial charge on any atom is 0.346 e. The normalized spacial score (nSPS) is 14.1. The Bertz CT molecular complexity index is 646. The molecule has 0 bridgehead atoms. The van der Waals surface area contributed by atoms with Gasteiger partial charge in [-0.3, -0.25) is 0 Å². The van der Waals surface area contributed by atoms with Crippen LogP contribution in [-0.4, -0.2) is 11.9 Å². The fourth-order valence-corrected chi connectivity index (χ4v) is 2.39. The molecule has 1 aliphatic rings. The Morgan fingerprint density at radius 2 is 1.75 bits per heavy atom. The van der Waals surface area contributed by atoms with Crippen molar-refractivity contribution in [3.63, 3.8) is 0 Å². The van der Waals surface area contributed by atoms with E-state index in [9.17, 15) is 9.59 Å². The van der Waals surface area contributed by atoms with E-state index in [1.165, 1.54) is 0 Å². The number of hydrogen-bond acceptors (Lipinski definition) is 3. The van der Waals surface area contributed by atoms with Crippen molar-refractivity contribution in [3.8, 4) is 0 Å². The molecule has 0 atom stereocenters. The smallest absolute Gasteiger partial charge is 0.346 e. The maximum atomic E-state index is 11.6. The minimum absolute atomic E-state index is 0.430. The lowest BCUT2D eigenvalue weighted by molar-refractivity contribution is 0.0391. The minimum Gasteiger partial charge on any atom is -0.386 e. The second kappa shape index (κ2) is 3.15. The molecule has 1 heterocycles. The van der Waals surface area contributed by atoms with Crippen molar-refractivity contribution in [2.45, 2.75) is 0 Å². The van der Waals surface area contributed by atoms with Crippen molar-refractivity contribution in [2.24, 2.45) is 0 Å². The number of carbonyl (C=O) groups excluding carboxylic acids is 2. The van der Waals surface area contributed by atoms with Crippen molar-refractivity contribution in [3.05, 3.63) is 45.9 Å². The highest BCUT2D eigenvalue weighted by molar-refractivity contribution is 9.10. The van der Waals surface area contributed by atoms with Gasteiger partial charge >= 0.3 is 11.9 Å². The van der Waals surface area contributed by atoms with Crippen LogP contribution >= 0.6 is 15.9 Å². The predicted octanol–water partition coefficient (Wildman–Crippen LogP) is 2.91. The van der Waals surface area contributed by atoms with Crippen LogP contribution in [0.4, 0.5) is 0 Å². The van der Waals surface area contributed by atoms with Gasteiger partial charge in [-0.25, -0.2) is 9.59 Å². The zero-order valence-corrected chi connectivity index (χ0v) is 9.58. The van der Waals surface area contributed by atoms with Crippen LogP contribution in [0.15, 0.2) is 34.8 Å². The van der Waals surface area contributed by atoms with Crippen LogP contribution in [0.2, 0.25) is 0 Å². The van der Waals surface area contributed by atoms with Crippen LogP contribution in [0, 0.1) is 0 Å². The monoisotopic (exact) mass is 276 g/mol. The lowest BCUT2D eigenvalue weighted by atomic mass is 9.97. The molecule has 0 aromatic heterocycles. The number of carbonyl (C=O) groups is 2. The van der Waals surface area contributed by atoms with Gasteiger partial charge in [0.2, 0.25) is 0 Å². The van der Waals surface area contributed by atoms with Crippen LogP contribution in [0.3, 0.4) is 0 Å². The Hall–Kier alpha value is -1.68. The summed E-state index contributed by atoms with van der Waals surface area (Å²) in [5.41, 5.74) is 0.874. The molecule has 4 heteroatoms. The third-order valence-electron chi connectivity index (χ3n) is 2.57. The zero-order valence-electron chi connectivity index (χ0n) is 7.99. The highest BCUT2D eigenvalue weighted by atomic mass is 79.9. The van der Waals surface area contributed by atoms with Gasteiger partial charge in [-0.15, -0.1) is 0 Å². The van der Waals surface area contributed by atoms with Crippen molar-refractivity contribution in [1.29, 1.82) is 0 Å². The maximum absolute atomic E-state index is 11.6. The highest BCUT2D eigenvalue weighted by Gasteiger charge is 2.27. The molecule has 0 saturated heterocycles. The fourth-order valence-electron chi connectivity index (χ4n) is 1.92. The molecule has 0 aliphatic carbocycles. The molecule has 2 aromatic carbocycles. The van der Waals surface area contributed by atoms with E-state index < -0.39 is 11.9 Å². The Morgan fingerprint density at radius 1 is 1.00 bits per heavy atom. The molecule has 78 valence electrons. The van der Waals surface area contributed by atoms with Crippen LogP contribution < -0.4 is 0 Å². The summed E-state index contributed by atoms with van der Waals surface area (Å²) >= 11 is 3.32. The third-order valence-corrected chi connectivity index (χ3v) is 3.02. The van der Waals surface area contributed by atoms with Gasteiger partial charge in [-0.1, -0.05) is 28.1 Å². The van der Waals surface area contributed by atoms with E-state index in [0.29, 0.717) is 16.5 Å². The van der Waals surface area contributed by atoms with E-state index in [-0.39, 0.29) is 0 Å². The summed E-state index contributed by atoms with van der Waals surface area (Å²) in [4.78, 5) is 23.1. The van der Waals surface area contributed by atoms with Gasteiger partial charge in [0.05, 0.1) is 11.1 Å². The average Bonchev–Trinajstić information content (AvgIpc) is 2.25. The molecule has 1 aliphatic heterocycles. The van der Waals surface area contributed by atoms with Crippen molar-refractivity contribution < 1.29 is 14.3 Å². The summed E-state index contributed by atoms with van der Waals surface area (Å²) in [6.45, 7) is 0. The summed E-state index contributed by atoms with van der Waals surface area (Å²) in [7, 11) is 0. The summed E-state index contributed by atoms with van der Waals surface area (Å²) in [5.74, 6) is -1.17. The molecular formula is C12H5BrO3. The number of halogens is 1. The lowest BCUT2D eigenvalue weighted by Gasteiger charge is -2.15. The van der Waals surface area contributed by atoms with E-state index in [0.717, 1.165) is 9.86 Å². The lowest BCUT2D eigenvalue weighted by Crippen LogP contribution is -2.19. The Balaban J connectivity index is 2.55. The van der Waals surface area contributed by atoms with E-state index in [2.05, 4.69) is 20.7 Å². The quantitative estimate of drug-likeness (QED) is 0.549. The topological polar surface area (TPSA) is 43.4 Å². The molecular weight excluding hydrogens is 272 g/mol. The Morgan fingerprint density at radius 3 is 2.56 bits per heavy atom. The second-order valence-corrected chi connectivity index (χ2v) is 4.45. The number of esters is 2. The average molecular weight is 277 g/mol. The molecule has 0 saturated carbocycles. The van der Waals surface area contributed by atoms with E-state index in [1.54, 1.807) is 18.2 Å². The summed E-state index contributed by atoms with van der Waals surface area (Å²) in [6, 6.07) is 8.83. The van der Waals surface area contributed by atoms with Crippen molar-refractivity contribution in [2.75, 3.05) is 0 Å². The number of benzene rings is 2. The van der Waals surface area contributed by atoms with Gasteiger partial charge in [-0.05, 0) is 23.6 Å². The molecule has 16 heavy (non-hydrogen) atoms. The first kappa shape index (κ1) is 9.54. The van der Waals surface area contributed by atoms with Crippen molar-refractivity contribution in [1.82, 2.24) is 0 Å². The standard InChI is InChI=1S/C12H5BrO3/c13-7-4-6-2-1-3-8-10(6)9(5-7)12(15)16-11(8)14/h1-5H. The molecule has 3 nitrogen and oxygen atoms in total. The molecule has 2 aromatic rings. The molecule has 3 rings (SSSR count). The Labute approximate surface area is 99.1 Å². The van der Waals surface area contributed by atoms with Gasteiger partial charge in [0.1, 0.15) is 0 Å². The summed E-state index contributed by atoms with van der Waals surface area (Å²) < 4.78 is 5.45. The number of rotatable bonds is 0. The minimum atomic E-state index is -0.588. The Kier molecular flexibility index (Phi) is 1.88. The van der Waals surface area contributed by atoms with Gasteiger partial charge in [0.25, 0.3) is 0 Å². The molecule has 0 radical (unpaired) electrons. The van der Waals surface area contributed by atoms with Crippen LogP contribution in [-0.2, 0) is 4.74 Å². The van der Waals surface area contributed by atoms with E-state index in [1.807, 2.05) is 12.1 Å². The highest BCUT2D eigenvalue weighted by Crippen LogP contribution is 2.31. The largest absolute Gasteiger partial charge is 0.386 e. The first-order valence-corrected chi connectivity index (χ1v) is 5.45. The second-order valence-electron chi connectivity index (χ2n) is 3.53. The van der Waals surface area contributed by atoms with E-state index in [4.69, 9.17) is 0 Å². The van der Waals surface area contributed by atoms with Gasteiger partial charge in [0.15, 0.2) is 0 Å². The molecule has 0 N–H and O–H groups in total. The van der Waals surface area contributed by atoms with E-state index >= 15 is 0 Å². The van der Waals surface area contributed by atoms with Gasteiger partial charge in [-0.2, -0.15) is 0 Å². The zero-order chi connectivity index (χ0) is 11.3. The first-order chi connectivity index (χ1) is 7.66. The number of hydrogen-bond donors (Lipinski definition) is 0. The summed E-state index contributed by atoms with van der Waals surface area (Å²) in [5, 5.41) is 1.53.